The number of nitrogens with zero attached hydrogens (tertiary/aromatic N) is 1. The van der Waals surface area contributed by atoms with Crippen LogP contribution in [0.5, 0.6) is 0 Å². The molecule has 0 fully saturated rings. The molecule has 0 aliphatic heterocycles. The fourth-order valence-electron chi connectivity index (χ4n) is 1.79. The Morgan fingerprint density at radius 2 is 1.94 bits per heavy atom. The molecule has 0 saturated carbocycles. The molecule has 2 aromatic heterocycles. The number of hydrogen-bond acceptors (Lipinski definition) is 5. The summed E-state index contributed by atoms with van der Waals surface area (Å²) in [5.41, 5.74) is 2.56. The summed E-state index contributed by atoms with van der Waals surface area (Å²) in [6.07, 6.45) is 0. The Morgan fingerprint density at radius 1 is 1.17 bits per heavy atom. The summed E-state index contributed by atoms with van der Waals surface area (Å²) < 4.78 is 0. The van der Waals surface area contributed by atoms with Crippen molar-refractivity contribution in [2.75, 3.05) is 10.7 Å². The predicted molar refractivity (Wildman–Crippen MR) is 77.6 cm³/mol. The molecule has 5 heteroatoms. The SMILES string of the molecule is CC(C)C(Nc1cccc(NN)n1)c1cccs1. The maximum absolute atomic E-state index is 5.37. The van der Waals surface area contributed by atoms with Gasteiger partial charge in [-0.05, 0) is 29.5 Å². The molecule has 2 aromatic rings. The van der Waals surface area contributed by atoms with E-state index < -0.39 is 0 Å². The lowest BCUT2D eigenvalue weighted by molar-refractivity contribution is 0.552. The van der Waals surface area contributed by atoms with Crippen LogP contribution < -0.4 is 16.6 Å². The smallest absolute Gasteiger partial charge is 0.142 e. The first-order chi connectivity index (χ1) is 8.70. The minimum atomic E-state index is 0.269. The van der Waals surface area contributed by atoms with Crippen molar-refractivity contribution in [2.45, 2.75) is 19.9 Å². The Balaban J connectivity index is 2.18. The van der Waals surface area contributed by atoms with Gasteiger partial charge < -0.3 is 10.7 Å². The lowest BCUT2D eigenvalue weighted by atomic mass is 10.0. The fourth-order valence-corrected chi connectivity index (χ4v) is 2.74. The van der Waals surface area contributed by atoms with Gasteiger partial charge in [0.25, 0.3) is 0 Å². The number of rotatable bonds is 5. The van der Waals surface area contributed by atoms with Gasteiger partial charge in [0.1, 0.15) is 11.6 Å². The topological polar surface area (TPSA) is 63.0 Å². The first-order valence-electron chi connectivity index (χ1n) is 5.94. The van der Waals surface area contributed by atoms with Gasteiger partial charge in [0.05, 0.1) is 6.04 Å². The summed E-state index contributed by atoms with van der Waals surface area (Å²) in [5, 5.41) is 5.55. The third-order valence-corrected chi connectivity index (χ3v) is 3.67. The molecule has 0 radical (unpaired) electrons. The molecule has 4 N–H and O–H groups in total. The van der Waals surface area contributed by atoms with E-state index in [4.69, 9.17) is 5.84 Å². The van der Waals surface area contributed by atoms with Crippen molar-refractivity contribution >= 4 is 23.0 Å². The molecule has 1 atom stereocenters. The number of nitrogens with two attached hydrogens (primary N) is 1. The number of hydrazine groups is 1. The number of nitrogens with one attached hydrogen (secondary N) is 2. The average molecular weight is 262 g/mol. The molecule has 0 aliphatic rings. The second-order valence-corrected chi connectivity index (χ2v) is 5.41. The van der Waals surface area contributed by atoms with E-state index in [0.29, 0.717) is 11.7 Å². The van der Waals surface area contributed by atoms with Gasteiger partial charge in [0.2, 0.25) is 0 Å². The van der Waals surface area contributed by atoms with E-state index in [1.165, 1.54) is 4.88 Å². The van der Waals surface area contributed by atoms with Crippen molar-refractivity contribution in [2.24, 2.45) is 11.8 Å². The molecule has 0 saturated heterocycles. The monoisotopic (exact) mass is 262 g/mol. The lowest BCUT2D eigenvalue weighted by Gasteiger charge is -2.22. The Labute approximate surface area is 111 Å². The van der Waals surface area contributed by atoms with Crippen LogP contribution in [0.4, 0.5) is 11.6 Å². The van der Waals surface area contributed by atoms with Crippen LogP contribution in [0.2, 0.25) is 0 Å². The van der Waals surface area contributed by atoms with Crippen molar-refractivity contribution in [3.63, 3.8) is 0 Å². The highest BCUT2D eigenvalue weighted by Crippen LogP contribution is 2.29. The van der Waals surface area contributed by atoms with Crippen LogP contribution in [0.15, 0.2) is 35.7 Å². The number of nitrogen functional groups attached to an aromatic ring is 1. The molecular weight excluding hydrogens is 244 g/mol. The standard InChI is InChI=1S/C13H18N4S/c1-9(2)13(10-5-4-8-18-10)16-11-6-3-7-12(15-11)17-14/h3-9,13H,14H2,1-2H3,(H2,15,16,17). The minimum Gasteiger partial charge on any atom is -0.362 e. The number of pyridine rings is 1. The van der Waals surface area contributed by atoms with Gasteiger partial charge in [0, 0.05) is 4.88 Å². The summed E-state index contributed by atoms with van der Waals surface area (Å²) >= 11 is 1.76. The average Bonchev–Trinajstić information content (AvgIpc) is 2.89. The molecule has 0 amide bonds. The van der Waals surface area contributed by atoms with E-state index in [2.05, 4.69) is 47.1 Å². The molecule has 2 heterocycles. The van der Waals surface area contributed by atoms with Crippen molar-refractivity contribution in [3.05, 3.63) is 40.6 Å². The van der Waals surface area contributed by atoms with E-state index in [9.17, 15) is 0 Å². The van der Waals surface area contributed by atoms with Gasteiger partial charge in [-0.15, -0.1) is 11.3 Å². The van der Waals surface area contributed by atoms with Crippen molar-refractivity contribution < 1.29 is 0 Å². The molecule has 18 heavy (non-hydrogen) atoms. The maximum Gasteiger partial charge on any atom is 0.142 e. The van der Waals surface area contributed by atoms with E-state index in [0.717, 1.165) is 5.82 Å². The molecule has 0 aromatic carbocycles. The van der Waals surface area contributed by atoms with Crippen molar-refractivity contribution in [1.82, 2.24) is 4.98 Å². The Morgan fingerprint density at radius 3 is 2.56 bits per heavy atom. The van der Waals surface area contributed by atoms with Gasteiger partial charge >= 0.3 is 0 Å². The largest absolute Gasteiger partial charge is 0.362 e. The number of aromatic nitrogens is 1. The van der Waals surface area contributed by atoms with Crippen molar-refractivity contribution in [3.8, 4) is 0 Å². The molecule has 0 spiro atoms. The highest BCUT2D eigenvalue weighted by atomic mass is 32.1. The summed E-state index contributed by atoms with van der Waals surface area (Å²) in [6.45, 7) is 4.39. The zero-order valence-electron chi connectivity index (χ0n) is 10.6. The highest BCUT2D eigenvalue weighted by molar-refractivity contribution is 7.10. The van der Waals surface area contributed by atoms with Crippen LogP contribution in [-0.4, -0.2) is 4.98 Å². The van der Waals surface area contributed by atoms with Gasteiger partial charge in [-0.2, -0.15) is 0 Å². The molecule has 0 bridgehead atoms. The molecular formula is C13H18N4S. The van der Waals surface area contributed by atoms with E-state index in [-0.39, 0.29) is 6.04 Å². The summed E-state index contributed by atoms with van der Waals surface area (Å²) in [4.78, 5) is 5.70. The summed E-state index contributed by atoms with van der Waals surface area (Å²) in [5.74, 6) is 7.34. The Bertz CT molecular complexity index is 481. The fraction of sp³-hybridized carbons (Fsp3) is 0.308. The molecule has 0 aliphatic carbocycles. The maximum atomic E-state index is 5.37. The van der Waals surface area contributed by atoms with Crippen LogP contribution >= 0.6 is 11.3 Å². The van der Waals surface area contributed by atoms with E-state index >= 15 is 0 Å². The van der Waals surface area contributed by atoms with E-state index in [1.807, 2.05) is 18.2 Å². The second kappa shape index (κ2) is 5.84. The number of hydrogen-bond donors (Lipinski definition) is 3. The zero-order chi connectivity index (χ0) is 13.0. The third-order valence-electron chi connectivity index (χ3n) is 2.72. The van der Waals surface area contributed by atoms with E-state index in [1.54, 1.807) is 11.3 Å². The Kier molecular flexibility index (Phi) is 4.17. The van der Waals surface area contributed by atoms with Gasteiger partial charge in [0.15, 0.2) is 0 Å². The molecule has 1 unspecified atom stereocenters. The molecule has 4 nitrogen and oxygen atoms in total. The molecule has 2 rings (SSSR count). The first kappa shape index (κ1) is 12.9. The quantitative estimate of drug-likeness (QED) is 0.572. The number of anilines is 2. The number of thiophene rings is 1. The zero-order valence-corrected chi connectivity index (χ0v) is 11.4. The van der Waals surface area contributed by atoms with Gasteiger partial charge in [-0.1, -0.05) is 26.0 Å². The summed E-state index contributed by atoms with van der Waals surface area (Å²) in [7, 11) is 0. The van der Waals surface area contributed by atoms with Gasteiger partial charge in [-0.3, -0.25) is 0 Å². The first-order valence-corrected chi connectivity index (χ1v) is 6.82. The van der Waals surface area contributed by atoms with Gasteiger partial charge in [-0.25, -0.2) is 10.8 Å². The van der Waals surface area contributed by atoms with Crippen LogP contribution in [-0.2, 0) is 0 Å². The normalized spacial score (nSPS) is 12.4. The molecule has 96 valence electrons. The third kappa shape index (κ3) is 3.00. The Hall–Kier alpha value is -1.59. The van der Waals surface area contributed by atoms with Crippen molar-refractivity contribution in [1.29, 1.82) is 0 Å². The minimum absolute atomic E-state index is 0.269. The lowest BCUT2D eigenvalue weighted by Crippen LogP contribution is -2.17. The van der Waals surface area contributed by atoms with Crippen LogP contribution in [0.25, 0.3) is 0 Å². The van der Waals surface area contributed by atoms with Crippen LogP contribution in [0, 0.1) is 5.92 Å². The van der Waals surface area contributed by atoms with Crippen LogP contribution in [0.1, 0.15) is 24.8 Å². The van der Waals surface area contributed by atoms with Crippen LogP contribution in [0.3, 0.4) is 0 Å². The predicted octanol–water partition coefficient (Wildman–Crippen LogP) is 3.24. The highest BCUT2D eigenvalue weighted by Gasteiger charge is 2.17. The second-order valence-electron chi connectivity index (χ2n) is 4.43. The summed E-state index contributed by atoms with van der Waals surface area (Å²) in [6, 6.07) is 10.2.